The topological polar surface area (TPSA) is 59.3 Å². The predicted octanol–water partition coefficient (Wildman–Crippen LogP) is 0.987. The fraction of sp³-hybridized carbons (Fsp3) is 0.333. The molecule has 70 valence electrons. The summed E-state index contributed by atoms with van der Waals surface area (Å²) >= 11 is 0. The van der Waals surface area contributed by atoms with Crippen LogP contribution < -0.4 is 5.32 Å². The standard InChI is InChI=1S/C9H11NO3/c1-6(7(2)11)10-9(12)8-3-4-13-5-8/h3-6H,1-2H3,(H,10,12). The van der Waals surface area contributed by atoms with E-state index in [1.54, 1.807) is 13.0 Å². The molecule has 1 N–H and O–H groups in total. The minimum absolute atomic E-state index is 0.0724. The maximum absolute atomic E-state index is 11.3. The summed E-state index contributed by atoms with van der Waals surface area (Å²) < 4.78 is 4.73. The third-order valence-corrected chi connectivity index (χ3v) is 1.74. The zero-order valence-electron chi connectivity index (χ0n) is 7.53. The van der Waals surface area contributed by atoms with Crippen molar-refractivity contribution < 1.29 is 14.0 Å². The molecule has 0 radical (unpaired) electrons. The Labute approximate surface area is 75.9 Å². The van der Waals surface area contributed by atoms with E-state index in [1.165, 1.54) is 19.5 Å². The molecule has 0 spiro atoms. The molecule has 1 rings (SSSR count). The van der Waals surface area contributed by atoms with Gasteiger partial charge in [0.2, 0.25) is 0 Å². The highest BCUT2D eigenvalue weighted by Gasteiger charge is 2.13. The van der Waals surface area contributed by atoms with Crippen molar-refractivity contribution in [3.05, 3.63) is 24.2 Å². The van der Waals surface area contributed by atoms with Gasteiger partial charge in [0, 0.05) is 0 Å². The lowest BCUT2D eigenvalue weighted by Gasteiger charge is -2.08. The minimum atomic E-state index is -0.456. The minimum Gasteiger partial charge on any atom is -0.472 e. The zero-order chi connectivity index (χ0) is 9.84. The van der Waals surface area contributed by atoms with Gasteiger partial charge in [0.05, 0.1) is 17.9 Å². The first-order valence-corrected chi connectivity index (χ1v) is 3.95. The molecule has 0 aliphatic carbocycles. The van der Waals surface area contributed by atoms with Gasteiger partial charge in [-0.05, 0) is 19.9 Å². The Kier molecular flexibility index (Phi) is 2.84. The van der Waals surface area contributed by atoms with Crippen LogP contribution in [-0.4, -0.2) is 17.7 Å². The first-order valence-electron chi connectivity index (χ1n) is 3.95. The van der Waals surface area contributed by atoms with E-state index >= 15 is 0 Å². The van der Waals surface area contributed by atoms with Crippen molar-refractivity contribution in [1.82, 2.24) is 5.32 Å². The maximum Gasteiger partial charge on any atom is 0.255 e. The normalized spacial score (nSPS) is 12.2. The summed E-state index contributed by atoms with van der Waals surface area (Å²) in [4.78, 5) is 22.1. The lowest BCUT2D eigenvalue weighted by Crippen LogP contribution is -2.37. The predicted molar refractivity (Wildman–Crippen MR) is 46.3 cm³/mol. The van der Waals surface area contributed by atoms with Crippen molar-refractivity contribution >= 4 is 11.7 Å². The van der Waals surface area contributed by atoms with Crippen LogP contribution in [0.4, 0.5) is 0 Å². The zero-order valence-corrected chi connectivity index (χ0v) is 7.53. The summed E-state index contributed by atoms with van der Waals surface area (Å²) in [7, 11) is 0. The van der Waals surface area contributed by atoms with Crippen LogP contribution in [0.15, 0.2) is 23.0 Å². The van der Waals surface area contributed by atoms with Crippen LogP contribution in [0.25, 0.3) is 0 Å². The quantitative estimate of drug-likeness (QED) is 0.756. The molecule has 1 aromatic heterocycles. The van der Waals surface area contributed by atoms with E-state index in [9.17, 15) is 9.59 Å². The average Bonchev–Trinajstić information content (AvgIpc) is 2.55. The Morgan fingerprint density at radius 1 is 1.54 bits per heavy atom. The van der Waals surface area contributed by atoms with Gasteiger partial charge >= 0.3 is 0 Å². The summed E-state index contributed by atoms with van der Waals surface area (Å²) in [6.07, 6.45) is 2.75. The third kappa shape index (κ3) is 2.43. The second-order valence-electron chi connectivity index (χ2n) is 2.82. The van der Waals surface area contributed by atoms with E-state index in [2.05, 4.69) is 5.32 Å². The molecule has 4 heteroatoms. The first-order chi connectivity index (χ1) is 6.11. The first kappa shape index (κ1) is 9.51. The largest absolute Gasteiger partial charge is 0.472 e. The maximum atomic E-state index is 11.3. The molecule has 1 atom stereocenters. The van der Waals surface area contributed by atoms with E-state index in [-0.39, 0.29) is 11.7 Å². The number of amides is 1. The van der Waals surface area contributed by atoms with Gasteiger partial charge in [-0.2, -0.15) is 0 Å². The Balaban J connectivity index is 2.56. The fourth-order valence-corrected chi connectivity index (χ4v) is 0.775. The van der Waals surface area contributed by atoms with Crippen molar-refractivity contribution in [3.8, 4) is 0 Å². The molecule has 1 amide bonds. The summed E-state index contributed by atoms with van der Waals surface area (Å²) in [5.74, 6) is -0.367. The monoisotopic (exact) mass is 181 g/mol. The van der Waals surface area contributed by atoms with Crippen LogP contribution >= 0.6 is 0 Å². The molecule has 0 saturated carbocycles. The Morgan fingerprint density at radius 2 is 2.23 bits per heavy atom. The number of rotatable bonds is 3. The highest BCUT2D eigenvalue weighted by atomic mass is 16.3. The van der Waals surface area contributed by atoms with Gasteiger partial charge in [-0.3, -0.25) is 9.59 Å². The van der Waals surface area contributed by atoms with E-state index in [0.717, 1.165) is 0 Å². The summed E-state index contributed by atoms with van der Waals surface area (Å²) in [6.45, 7) is 3.07. The fourth-order valence-electron chi connectivity index (χ4n) is 0.775. The number of Topliss-reactive ketones (excluding diaryl/α,β-unsaturated/α-hetero) is 1. The number of hydrogen-bond acceptors (Lipinski definition) is 3. The van der Waals surface area contributed by atoms with E-state index < -0.39 is 6.04 Å². The lowest BCUT2D eigenvalue weighted by molar-refractivity contribution is -0.118. The van der Waals surface area contributed by atoms with Gasteiger partial charge in [-0.25, -0.2) is 0 Å². The third-order valence-electron chi connectivity index (χ3n) is 1.74. The molecule has 0 fully saturated rings. The van der Waals surface area contributed by atoms with Crippen LogP contribution in [0.3, 0.4) is 0 Å². The average molecular weight is 181 g/mol. The van der Waals surface area contributed by atoms with Crippen LogP contribution in [0.2, 0.25) is 0 Å². The molecule has 0 saturated heterocycles. The number of carbonyl (C=O) groups excluding carboxylic acids is 2. The van der Waals surface area contributed by atoms with Gasteiger partial charge in [-0.15, -0.1) is 0 Å². The highest BCUT2D eigenvalue weighted by molar-refractivity contribution is 5.97. The molecule has 0 aromatic carbocycles. The molecule has 1 heterocycles. The van der Waals surface area contributed by atoms with Crippen molar-refractivity contribution in [2.75, 3.05) is 0 Å². The van der Waals surface area contributed by atoms with Crippen molar-refractivity contribution in [3.63, 3.8) is 0 Å². The molecule has 4 nitrogen and oxygen atoms in total. The van der Waals surface area contributed by atoms with Gasteiger partial charge in [-0.1, -0.05) is 0 Å². The molecule has 0 aliphatic rings. The second-order valence-corrected chi connectivity index (χ2v) is 2.82. The Morgan fingerprint density at radius 3 is 2.69 bits per heavy atom. The number of ketones is 1. The SMILES string of the molecule is CC(=O)C(C)NC(=O)c1ccoc1. The van der Waals surface area contributed by atoms with Crippen LogP contribution in [0.1, 0.15) is 24.2 Å². The van der Waals surface area contributed by atoms with Gasteiger partial charge < -0.3 is 9.73 Å². The number of hydrogen-bond donors (Lipinski definition) is 1. The Bertz CT molecular complexity index is 303. The summed E-state index contributed by atoms with van der Waals surface area (Å²) in [5, 5.41) is 2.53. The number of nitrogens with one attached hydrogen (secondary N) is 1. The van der Waals surface area contributed by atoms with Crippen LogP contribution in [-0.2, 0) is 4.79 Å². The van der Waals surface area contributed by atoms with Crippen molar-refractivity contribution in [1.29, 1.82) is 0 Å². The molecule has 13 heavy (non-hydrogen) atoms. The summed E-state index contributed by atoms with van der Waals surface area (Å²) in [5.41, 5.74) is 0.424. The van der Waals surface area contributed by atoms with Crippen LogP contribution in [0, 0.1) is 0 Å². The molecule has 1 unspecified atom stereocenters. The summed E-state index contributed by atoms with van der Waals surface area (Å²) in [6, 6.07) is 1.09. The lowest BCUT2D eigenvalue weighted by atomic mass is 10.2. The molecule has 0 bridgehead atoms. The molecular formula is C9H11NO3. The van der Waals surface area contributed by atoms with Gasteiger partial charge in [0.25, 0.3) is 5.91 Å². The number of carbonyl (C=O) groups is 2. The second kappa shape index (κ2) is 3.89. The highest BCUT2D eigenvalue weighted by Crippen LogP contribution is 1.99. The van der Waals surface area contributed by atoms with E-state index in [0.29, 0.717) is 5.56 Å². The molecule has 0 aliphatic heterocycles. The van der Waals surface area contributed by atoms with Crippen molar-refractivity contribution in [2.45, 2.75) is 19.9 Å². The molecular weight excluding hydrogens is 170 g/mol. The van der Waals surface area contributed by atoms with Gasteiger partial charge in [0.1, 0.15) is 6.26 Å². The van der Waals surface area contributed by atoms with E-state index in [1.807, 2.05) is 0 Å². The van der Waals surface area contributed by atoms with Crippen LogP contribution in [0.5, 0.6) is 0 Å². The number of furan rings is 1. The molecule has 1 aromatic rings. The van der Waals surface area contributed by atoms with Crippen molar-refractivity contribution in [2.24, 2.45) is 0 Å². The smallest absolute Gasteiger partial charge is 0.255 e. The van der Waals surface area contributed by atoms with E-state index in [4.69, 9.17) is 4.42 Å². The van der Waals surface area contributed by atoms with Gasteiger partial charge in [0.15, 0.2) is 5.78 Å². The Hall–Kier alpha value is -1.58.